The van der Waals surface area contributed by atoms with Crippen molar-refractivity contribution >= 4 is 5.97 Å². The van der Waals surface area contributed by atoms with Crippen LogP contribution in [-0.2, 0) is 9.53 Å². The molecule has 2 aromatic rings. The summed E-state index contributed by atoms with van der Waals surface area (Å²) in [5.41, 5.74) is 3.47. The van der Waals surface area contributed by atoms with Gasteiger partial charge in [0.2, 0.25) is 0 Å². The van der Waals surface area contributed by atoms with Crippen molar-refractivity contribution in [1.82, 2.24) is 0 Å². The average molecular weight is 305 g/mol. The second-order valence-corrected chi connectivity index (χ2v) is 5.97. The molecule has 0 radical (unpaired) electrons. The van der Waals surface area contributed by atoms with Crippen LogP contribution in [0.2, 0.25) is 0 Å². The maximum absolute atomic E-state index is 11.8. The van der Waals surface area contributed by atoms with E-state index >= 15 is 0 Å². The van der Waals surface area contributed by atoms with E-state index in [4.69, 9.17) is 4.74 Å². The van der Waals surface area contributed by atoms with E-state index in [1.807, 2.05) is 36.4 Å². The summed E-state index contributed by atoms with van der Waals surface area (Å²) in [6, 6.07) is 20.8. The molecule has 0 saturated carbocycles. The normalized spacial score (nSPS) is 22.7. The molecule has 0 heterocycles. The number of nitrogens with zero attached hydrogens (tertiary/aromatic N) is 1. The van der Waals surface area contributed by atoms with Gasteiger partial charge in [-0.1, -0.05) is 54.6 Å². The zero-order valence-electron chi connectivity index (χ0n) is 13.1. The molecular weight excluding hydrogens is 286 g/mol. The maximum Gasteiger partial charge on any atom is 0.305 e. The number of hydrogen-bond donors (Lipinski definition) is 0. The Hall–Kier alpha value is -2.60. The van der Waals surface area contributed by atoms with E-state index < -0.39 is 0 Å². The van der Waals surface area contributed by atoms with Gasteiger partial charge < -0.3 is 4.74 Å². The fraction of sp³-hybridized carbons (Fsp3) is 0.300. The number of carbonyl (C=O) groups is 1. The third-order valence-corrected chi connectivity index (χ3v) is 4.71. The van der Waals surface area contributed by atoms with Crippen LogP contribution in [0.4, 0.5) is 0 Å². The fourth-order valence-corrected chi connectivity index (χ4v) is 3.61. The minimum atomic E-state index is -0.259. The van der Waals surface area contributed by atoms with Crippen LogP contribution < -0.4 is 0 Å². The summed E-state index contributed by atoms with van der Waals surface area (Å²) in [5.74, 6) is -0.314. The monoisotopic (exact) mass is 305 g/mol. The van der Waals surface area contributed by atoms with E-state index in [2.05, 4.69) is 24.3 Å². The van der Waals surface area contributed by atoms with Gasteiger partial charge in [-0.3, -0.25) is 4.79 Å². The number of carbonyl (C=O) groups excluding carboxylic acids is 1. The first-order valence-electron chi connectivity index (χ1n) is 7.84. The molecule has 0 fully saturated rings. The van der Waals surface area contributed by atoms with Crippen molar-refractivity contribution in [3.63, 3.8) is 0 Å². The first-order chi connectivity index (χ1) is 11.2. The molecule has 0 spiro atoms. The molecule has 0 amide bonds. The molecule has 0 aliphatic heterocycles. The minimum absolute atomic E-state index is 0.0208. The summed E-state index contributed by atoms with van der Waals surface area (Å²) in [7, 11) is 1.40. The number of hydrogen-bond acceptors (Lipinski definition) is 3. The van der Waals surface area contributed by atoms with Crippen LogP contribution in [0.1, 0.15) is 41.4 Å². The second-order valence-electron chi connectivity index (χ2n) is 5.97. The third-order valence-electron chi connectivity index (χ3n) is 4.71. The second kappa shape index (κ2) is 6.66. The Bertz CT molecular complexity index is 733. The SMILES string of the molecule is COC(=O)C[C@@H]1C[C@@H](c2ccccc2)c2ccccc2[C@@H]1C#N. The summed E-state index contributed by atoms with van der Waals surface area (Å²) in [6.07, 6.45) is 1.07. The van der Waals surface area contributed by atoms with Gasteiger partial charge >= 0.3 is 5.97 Å². The van der Waals surface area contributed by atoms with Crippen LogP contribution in [0, 0.1) is 17.2 Å². The van der Waals surface area contributed by atoms with E-state index in [9.17, 15) is 10.1 Å². The molecule has 0 unspecified atom stereocenters. The highest BCUT2D eigenvalue weighted by atomic mass is 16.5. The van der Waals surface area contributed by atoms with Gasteiger partial charge in [0.25, 0.3) is 0 Å². The molecule has 3 rings (SSSR count). The number of nitriles is 1. The molecule has 0 N–H and O–H groups in total. The van der Waals surface area contributed by atoms with Crippen molar-refractivity contribution < 1.29 is 9.53 Å². The van der Waals surface area contributed by atoms with E-state index in [0.717, 1.165) is 12.0 Å². The van der Waals surface area contributed by atoms with E-state index in [1.54, 1.807) is 0 Å². The first-order valence-corrected chi connectivity index (χ1v) is 7.84. The Morgan fingerprint density at radius 3 is 2.43 bits per heavy atom. The van der Waals surface area contributed by atoms with Crippen LogP contribution in [0.5, 0.6) is 0 Å². The number of methoxy groups -OCH3 is 1. The van der Waals surface area contributed by atoms with Crippen molar-refractivity contribution in [2.75, 3.05) is 7.11 Å². The highest BCUT2D eigenvalue weighted by Gasteiger charge is 2.36. The molecule has 3 heteroatoms. The van der Waals surface area contributed by atoms with Crippen molar-refractivity contribution in [1.29, 1.82) is 5.26 Å². The summed E-state index contributed by atoms with van der Waals surface area (Å²) in [5, 5.41) is 9.65. The van der Waals surface area contributed by atoms with Gasteiger partial charge in [-0.05, 0) is 29.0 Å². The van der Waals surface area contributed by atoms with Crippen LogP contribution in [-0.4, -0.2) is 13.1 Å². The molecule has 3 nitrogen and oxygen atoms in total. The number of esters is 1. The molecule has 3 atom stereocenters. The zero-order chi connectivity index (χ0) is 16.2. The first kappa shape index (κ1) is 15.3. The molecule has 116 valence electrons. The van der Waals surface area contributed by atoms with Gasteiger partial charge in [-0.15, -0.1) is 0 Å². The molecule has 1 aliphatic rings. The van der Waals surface area contributed by atoms with Crippen molar-refractivity contribution in [3.05, 3.63) is 71.3 Å². The van der Waals surface area contributed by atoms with Crippen molar-refractivity contribution in [3.8, 4) is 6.07 Å². The Balaban J connectivity index is 2.04. The smallest absolute Gasteiger partial charge is 0.305 e. The third kappa shape index (κ3) is 2.98. The molecule has 23 heavy (non-hydrogen) atoms. The van der Waals surface area contributed by atoms with Gasteiger partial charge in [0, 0.05) is 12.3 Å². The van der Waals surface area contributed by atoms with Crippen molar-refractivity contribution in [2.24, 2.45) is 5.92 Å². The molecule has 2 aromatic carbocycles. The summed E-state index contributed by atoms with van der Waals surface area (Å²) < 4.78 is 4.83. The predicted molar refractivity (Wildman–Crippen MR) is 87.8 cm³/mol. The molecule has 0 bridgehead atoms. The zero-order valence-corrected chi connectivity index (χ0v) is 13.1. The molecule has 0 saturated heterocycles. The van der Waals surface area contributed by atoms with Crippen LogP contribution in [0.3, 0.4) is 0 Å². The van der Waals surface area contributed by atoms with Gasteiger partial charge in [-0.2, -0.15) is 5.26 Å². The number of ether oxygens (including phenoxy) is 1. The number of fused-ring (bicyclic) bond motifs is 1. The lowest BCUT2D eigenvalue weighted by Gasteiger charge is -2.35. The minimum Gasteiger partial charge on any atom is -0.469 e. The molecular formula is C20H19NO2. The fourth-order valence-electron chi connectivity index (χ4n) is 3.61. The topological polar surface area (TPSA) is 50.1 Å². The Kier molecular flexibility index (Phi) is 4.43. The Labute approximate surface area is 136 Å². The van der Waals surface area contributed by atoms with E-state index in [1.165, 1.54) is 18.2 Å². The largest absolute Gasteiger partial charge is 0.469 e. The van der Waals surface area contributed by atoms with Crippen LogP contribution in [0.15, 0.2) is 54.6 Å². The molecule has 1 aliphatic carbocycles. The molecule has 0 aromatic heterocycles. The summed E-state index contributed by atoms with van der Waals surface area (Å²) >= 11 is 0. The Morgan fingerprint density at radius 1 is 1.13 bits per heavy atom. The number of rotatable bonds is 3. The lowest BCUT2D eigenvalue weighted by Crippen LogP contribution is -2.26. The maximum atomic E-state index is 11.8. The summed E-state index contributed by atoms with van der Waals surface area (Å²) in [4.78, 5) is 11.8. The predicted octanol–water partition coefficient (Wildman–Crippen LogP) is 4.01. The lowest BCUT2D eigenvalue weighted by molar-refractivity contribution is -0.141. The highest BCUT2D eigenvalue weighted by Crippen LogP contribution is 2.46. The van der Waals surface area contributed by atoms with Gasteiger partial charge in [0.05, 0.1) is 19.1 Å². The van der Waals surface area contributed by atoms with Gasteiger partial charge in [0.15, 0.2) is 0 Å². The Morgan fingerprint density at radius 2 is 1.78 bits per heavy atom. The average Bonchev–Trinajstić information content (AvgIpc) is 2.61. The van der Waals surface area contributed by atoms with Crippen LogP contribution in [0.25, 0.3) is 0 Å². The quantitative estimate of drug-likeness (QED) is 0.805. The standard InChI is InChI=1S/C20H19NO2/c1-23-20(22)12-15-11-18(14-7-3-2-4-8-14)16-9-5-6-10-17(16)19(15)13-21/h2-10,15,18-19H,11-12H2,1H3/t15-,18-,19+/m0/s1. The van der Waals surface area contributed by atoms with Crippen LogP contribution >= 0.6 is 0 Å². The van der Waals surface area contributed by atoms with Gasteiger partial charge in [-0.25, -0.2) is 0 Å². The van der Waals surface area contributed by atoms with E-state index in [0.29, 0.717) is 0 Å². The van der Waals surface area contributed by atoms with Gasteiger partial charge in [0.1, 0.15) is 0 Å². The number of benzene rings is 2. The highest BCUT2D eigenvalue weighted by molar-refractivity contribution is 5.70. The lowest BCUT2D eigenvalue weighted by atomic mass is 9.68. The van der Waals surface area contributed by atoms with E-state index in [-0.39, 0.29) is 30.1 Å². The summed E-state index contributed by atoms with van der Waals surface area (Å²) in [6.45, 7) is 0. The van der Waals surface area contributed by atoms with Crippen molar-refractivity contribution in [2.45, 2.75) is 24.7 Å².